The smallest absolute Gasteiger partial charge is 0.329 e. The highest BCUT2D eigenvalue weighted by Gasteiger charge is 2.27. The minimum absolute atomic E-state index is 0.00394. The highest BCUT2D eigenvalue weighted by molar-refractivity contribution is 5.85. The zero-order chi connectivity index (χ0) is 60.1. The van der Waals surface area contributed by atoms with E-state index >= 15 is 0 Å². The number of ether oxygens (including phenoxy) is 10. The Balaban J connectivity index is 3.83. The van der Waals surface area contributed by atoms with Crippen molar-refractivity contribution in [1.29, 1.82) is 0 Å². The number of aliphatic carboxylic acids is 1. The first-order valence-corrected chi connectivity index (χ1v) is 29.4. The van der Waals surface area contributed by atoms with Gasteiger partial charge in [-0.1, -0.05) is 89.9 Å². The van der Waals surface area contributed by atoms with E-state index in [1.807, 2.05) is 20.8 Å². The molecule has 24 heteroatoms. The normalized spacial score (nSPS) is 11.9. The molecule has 0 unspecified atom stereocenters. The number of carbonyl (C=O) groups is 8. The lowest BCUT2D eigenvalue weighted by atomic mass is 10.0. The highest BCUT2D eigenvalue weighted by Crippen LogP contribution is 2.16. The van der Waals surface area contributed by atoms with Gasteiger partial charge in [-0.2, -0.15) is 0 Å². The van der Waals surface area contributed by atoms with Crippen LogP contribution in [-0.4, -0.2) is 202 Å². The molecular weight excluding hydrogens is 1060 g/mol. The SMILES string of the molecule is CC(C)(C)OC(=O)CCCCCCCCCCCCCCCCCCC(=O)N[C@H](CCC(=O)NCCOCCOCC(=O)NCCOCCOCC(=O)NCCOCCOCC(=O)NCCOCCOCC(=O)O)C(=O)OC(C)(C)C. The summed E-state index contributed by atoms with van der Waals surface area (Å²) in [5.74, 6) is -3.24. The Morgan fingerprint density at radius 2 is 0.654 bits per heavy atom. The highest BCUT2D eigenvalue weighted by atomic mass is 16.6. The second-order valence-electron chi connectivity index (χ2n) is 21.4. The van der Waals surface area contributed by atoms with E-state index in [0.717, 1.165) is 38.5 Å². The minimum atomic E-state index is -1.06. The zero-order valence-electron chi connectivity index (χ0n) is 50.2. The number of hydrogen-bond acceptors (Lipinski definition) is 18. The molecule has 0 aromatic carbocycles. The van der Waals surface area contributed by atoms with Gasteiger partial charge >= 0.3 is 17.9 Å². The van der Waals surface area contributed by atoms with Crippen molar-refractivity contribution in [2.75, 3.05) is 132 Å². The van der Waals surface area contributed by atoms with Crippen LogP contribution in [0.2, 0.25) is 0 Å². The molecule has 0 aromatic rings. The fourth-order valence-electron chi connectivity index (χ4n) is 7.41. The van der Waals surface area contributed by atoms with Crippen molar-refractivity contribution >= 4 is 47.4 Å². The molecule has 5 amide bonds. The van der Waals surface area contributed by atoms with Crippen LogP contribution in [0.5, 0.6) is 0 Å². The van der Waals surface area contributed by atoms with Crippen molar-refractivity contribution in [3.05, 3.63) is 0 Å². The quantitative estimate of drug-likeness (QED) is 0.0357. The monoisotopic (exact) mass is 1160 g/mol. The summed E-state index contributed by atoms with van der Waals surface area (Å²) < 4.78 is 53.0. The lowest BCUT2D eigenvalue weighted by molar-refractivity contribution is -0.159. The summed E-state index contributed by atoms with van der Waals surface area (Å²) in [6.45, 7) is 13.6. The molecule has 24 nitrogen and oxygen atoms in total. The van der Waals surface area contributed by atoms with Crippen molar-refractivity contribution < 1.29 is 90.8 Å². The molecule has 0 rings (SSSR count). The van der Waals surface area contributed by atoms with Gasteiger partial charge in [0.15, 0.2) is 0 Å². The van der Waals surface area contributed by atoms with Crippen LogP contribution < -0.4 is 26.6 Å². The van der Waals surface area contributed by atoms with E-state index in [9.17, 15) is 38.4 Å². The van der Waals surface area contributed by atoms with Gasteiger partial charge in [0.1, 0.15) is 43.7 Å². The molecule has 0 heterocycles. The van der Waals surface area contributed by atoms with E-state index in [1.165, 1.54) is 64.2 Å². The number of amides is 5. The van der Waals surface area contributed by atoms with Crippen LogP contribution in [0.4, 0.5) is 0 Å². The fourth-order valence-corrected chi connectivity index (χ4v) is 7.41. The standard InChI is InChI=1S/C57H105N5O19/c1-56(2,3)80-54(70)24-22-20-18-16-14-12-10-8-7-9-11-13-15-17-19-21-23-49(64)62-47(55(71)81-57(4,5)6)25-26-48(63)58-27-31-72-35-39-76-43-50(65)59-28-32-73-36-40-77-44-51(66)60-29-33-74-37-41-78-45-52(67)61-30-34-75-38-42-79-46-53(68)69/h47H,7-46H2,1-6H3,(H,58,63)(H,59,65)(H,60,66)(H,61,67)(H,62,64)(H,68,69)/t47-/m1/s1. The maximum absolute atomic E-state index is 13.0. The Kier molecular flexibility index (Phi) is 49.3. The van der Waals surface area contributed by atoms with E-state index in [4.69, 9.17) is 52.5 Å². The third-order valence-corrected chi connectivity index (χ3v) is 11.3. The van der Waals surface area contributed by atoms with Crippen molar-refractivity contribution in [3.8, 4) is 0 Å². The van der Waals surface area contributed by atoms with Crippen LogP contribution in [0.1, 0.15) is 170 Å². The molecule has 0 saturated carbocycles. The summed E-state index contributed by atoms with van der Waals surface area (Å²) in [6, 6.07) is -0.946. The summed E-state index contributed by atoms with van der Waals surface area (Å²) in [4.78, 5) is 96.2. The van der Waals surface area contributed by atoms with Crippen molar-refractivity contribution in [2.24, 2.45) is 0 Å². The Hall–Kier alpha value is -4.56. The number of hydrogen-bond donors (Lipinski definition) is 6. The van der Waals surface area contributed by atoms with Gasteiger partial charge in [0.25, 0.3) is 0 Å². The average molecular weight is 1160 g/mol. The molecule has 6 N–H and O–H groups in total. The zero-order valence-corrected chi connectivity index (χ0v) is 50.2. The van der Waals surface area contributed by atoms with Crippen LogP contribution in [0, 0.1) is 0 Å². The van der Waals surface area contributed by atoms with Crippen molar-refractivity contribution in [1.82, 2.24) is 26.6 Å². The Bertz CT molecular complexity index is 1660. The number of carboxylic acid groups (broad SMARTS) is 1. The summed E-state index contributed by atoms with van der Waals surface area (Å²) >= 11 is 0. The molecule has 1 atom stereocenters. The largest absolute Gasteiger partial charge is 0.480 e. The minimum Gasteiger partial charge on any atom is -0.480 e. The Morgan fingerprint density at radius 1 is 0.346 bits per heavy atom. The first-order valence-electron chi connectivity index (χ1n) is 29.4. The van der Waals surface area contributed by atoms with Gasteiger partial charge in [-0.25, -0.2) is 9.59 Å². The summed E-state index contributed by atoms with van der Waals surface area (Å²) in [5, 5.41) is 21.9. The van der Waals surface area contributed by atoms with Crippen LogP contribution in [0.15, 0.2) is 0 Å². The van der Waals surface area contributed by atoms with Crippen LogP contribution in [0.3, 0.4) is 0 Å². The molecular formula is C57H105N5O19. The number of carboxylic acids is 1. The maximum Gasteiger partial charge on any atom is 0.329 e. The third kappa shape index (κ3) is 58.4. The molecule has 0 aliphatic heterocycles. The maximum atomic E-state index is 13.0. The number of rotatable bonds is 56. The van der Waals surface area contributed by atoms with E-state index < -0.39 is 29.2 Å². The molecule has 0 fully saturated rings. The molecule has 472 valence electrons. The van der Waals surface area contributed by atoms with E-state index in [2.05, 4.69) is 26.6 Å². The van der Waals surface area contributed by atoms with Crippen LogP contribution in [0.25, 0.3) is 0 Å². The van der Waals surface area contributed by atoms with E-state index in [0.29, 0.717) is 12.8 Å². The fraction of sp³-hybridized carbons (Fsp3) is 0.860. The second kappa shape index (κ2) is 52.3. The molecule has 0 radical (unpaired) electrons. The lowest BCUT2D eigenvalue weighted by Gasteiger charge is -2.24. The molecule has 0 saturated heterocycles. The number of esters is 2. The first kappa shape index (κ1) is 76.4. The lowest BCUT2D eigenvalue weighted by Crippen LogP contribution is -2.44. The summed E-state index contributed by atoms with van der Waals surface area (Å²) in [7, 11) is 0. The molecule has 0 spiro atoms. The first-order chi connectivity index (χ1) is 38.8. The van der Waals surface area contributed by atoms with Crippen LogP contribution >= 0.6 is 0 Å². The van der Waals surface area contributed by atoms with Crippen molar-refractivity contribution in [3.63, 3.8) is 0 Å². The molecule has 0 aliphatic carbocycles. The molecule has 0 bridgehead atoms. The van der Waals surface area contributed by atoms with Gasteiger partial charge in [-0.3, -0.25) is 28.8 Å². The Morgan fingerprint density at radius 3 is 1.00 bits per heavy atom. The van der Waals surface area contributed by atoms with Gasteiger partial charge in [0, 0.05) is 45.4 Å². The third-order valence-electron chi connectivity index (χ3n) is 11.3. The summed E-state index contributed by atoms with van der Waals surface area (Å²) in [5.41, 5.74) is -1.16. The number of nitrogens with one attached hydrogen (secondary N) is 5. The van der Waals surface area contributed by atoms with E-state index in [1.54, 1.807) is 20.8 Å². The van der Waals surface area contributed by atoms with Gasteiger partial charge in [-0.15, -0.1) is 0 Å². The second-order valence-corrected chi connectivity index (χ2v) is 21.4. The van der Waals surface area contributed by atoms with Crippen LogP contribution in [-0.2, 0) is 85.7 Å². The predicted octanol–water partition coefficient (Wildman–Crippen LogP) is 4.64. The van der Waals surface area contributed by atoms with Crippen molar-refractivity contribution in [2.45, 2.75) is 187 Å². The van der Waals surface area contributed by atoms with Gasteiger partial charge in [-0.05, 0) is 60.8 Å². The summed E-state index contributed by atoms with van der Waals surface area (Å²) in [6.07, 6.45) is 19.2. The molecule has 0 aliphatic rings. The predicted molar refractivity (Wildman–Crippen MR) is 302 cm³/mol. The van der Waals surface area contributed by atoms with Gasteiger partial charge < -0.3 is 79.1 Å². The topological polar surface area (TPSA) is 309 Å². The average Bonchev–Trinajstić information content (AvgIpc) is 3.39. The Labute approximate surface area is 482 Å². The number of unbranched alkanes of at least 4 members (excludes halogenated alkanes) is 15. The number of carbonyl (C=O) groups excluding carboxylic acids is 7. The molecule has 81 heavy (non-hydrogen) atoms. The van der Waals surface area contributed by atoms with E-state index in [-0.39, 0.29) is 180 Å². The molecule has 0 aromatic heterocycles. The van der Waals surface area contributed by atoms with Gasteiger partial charge in [0.05, 0.1) is 79.3 Å². The van der Waals surface area contributed by atoms with Gasteiger partial charge in [0.2, 0.25) is 29.5 Å².